The summed E-state index contributed by atoms with van der Waals surface area (Å²) in [7, 11) is 0. The van der Waals surface area contributed by atoms with Gasteiger partial charge in [0.1, 0.15) is 22.6 Å². The molecule has 11 heteroatoms. The Morgan fingerprint density at radius 1 is 1.18 bits per heavy atom. The van der Waals surface area contributed by atoms with E-state index in [-0.39, 0.29) is 11.4 Å². The van der Waals surface area contributed by atoms with Crippen molar-refractivity contribution in [3.05, 3.63) is 34.9 Å². The number of nitrogens with zero attached hydrogens (tertiary/aromatic N) is 4. The van der Waals surface area contributed by atoms with Crippen LogP contribution in [0.2, 0.25) is 0 Å². The van der Waals surface area contributed by atoms with Crippen molar-refractivity contribution in [2.24, 2.45) is 0 Å². The van der Waals surface area contributed by atoms with E-state index >= 15 is 0 Å². The molecule has 10 nitrogen and oxygen atoms in total. The molecular formula is C11H7N7O3S. The summed E-state index contributed by atoms with van der Waals surface area (Å²) in [6, 6.07) is 3.05. The molecule has 0 radical (unpaired) electrons. The zero-order chi connectivity index (χ0) is 15.1. The number of nitro benzene ring substituents is 1. The van der Waals surface area contributed by atoms with Crippen LogP contribution in [0.15, 0.2) is 34.7 Å². The summed E-state index contributed by atoms with van der Waals surface area (Å²) in [5.74, 6) is 0. The monoisotopic (exact) mass is 317 g/mol. The summed E-state index contributed by atoms with van der Waals surface area (Å²) in [6.07, 6.45) is 2.95. The van der Waals surface area contributed by atoms with Gasteiger partial charge in [-0.25, -0.2) is 25.9 Å². The molecule has 4 rings (SSSR count). The summed E-state index contributed by atoms with van der Waals surface area (Å²) in [6.45, 7) is 0. The SMILES string of the molecule is O=[N+]([O-])c1ccc(Sc2ncnc3nc[nH]c23)c2c1NON2. The minimum atomic E-state index is -0.478. The standard InChI is InChI=1S/C11H7N7O3S/c19-18(20)5-1-2-6(8-7(5)16-21-17-8)22-11-9-10(13-3-12-9)14-4-15-11/h1-4,16-17H,(H,12,13,14,15). The van der Waals surface area contributed by atoms with E-state index in [4.69, 9.17) is 4.94 Å². The van der Waals surface area contributed by atoms with Crippen LogP contribution < -0.4 is 11.0 Å². The number of anilines is 2. The summed E-state index contributed by atoms with van der Waals surface area (Å²) in [5.41, 5.74) is 7.07. The molecule has 0 bridgehead atoms. The van der Waals surface area contributed by atoms with E-state index in [2.05, 4.69) is 30.9 Å². The smallest absolute Gasteiger partial charge is 0.296 e. The molecule has 3 heterocycles. The highest BCUT2D eigenvalue weighted by atomic mass is 32.2. The average molecular weight is 317 g/mol. The molecule has 3 N–H and O–H groups in total. The lowest BCUT2D eigenvalue weighted by Gasteiger charge is -2.06. The van der Waals surface area contributed by atoms with Crippen molar-refractivity contribution in [3.63, 3.8) is 0 Å². The minimum absolute atomic E-state index is 0.0706. The van der Waals surface area contributed by atoms with Gasteiger partial charge in [0.15, 0.2) is 11.3 Å². The molecule has 0 spiro atoms. The molecular weight excluding hydrogens is 310 g/mol. The largest absolute Gasteiger partial charge is 0.341 e. The number of hydrogen-bond acceptors (Lipinski definition) is 9. The molecule has 1 aliphatic heterocycles. The van der Waals surface area contributed by atoms with Crippen LogP contribution in [0, 0.1) is 10.1 Å². The van der Waals surface area contributed by atoms with Gasteiger partial charge in [0.25, 0.3) is 5.69 Å². The summed E-state index contributed by atoms with van der Waals surface area (Å²) in [4.78, 5) is 31.4. The maximum Gasteiger partial charge on any atom is 0.296 e. The number of imidazole rings is 1. The van der Waals surface area contributed by atoms with E-state index < -0.39 is 4.92 Å². The van der Waals surface area contributed by atoms with Gasteiger partial charge in [0, 0.05) is 11.0 Å². The molecule has 2 aromatic heterocycles. The van der Waals surface area contributed by atoms with Gasteiger partial charge in [-0.05, 0) is 6.07 Å². The van der Waals surface area contributed by atoms with Gasteiger partial charge in [-0.1, -0.05) is 11.8 Å². The van der Waals surface area contributed by atoms with Crippen molar-refractivity contribution in [2.45, 2.75) is 9.92 Å². The van der Waals surface area contributed by atoms with Gasteiger partial charge in [0.05, 0.1) is 11.3 Å². The Balaban J connectivity index is 1.80. The van der Waals surface area contributed by atoms with Crippen molar-refractivity contribution in [1.82, 2.24) is 19.9 Å². The molecule has 0 unspecified atom stereocenters. The number of H-pyrrole nitrogens is 1. The second-order valence-electron chi connectivity index (χ2n) is 4.28. The normalized spacial score (nSPS) is 12.7. The van der Waals surface area contributed by atoms with Crippen molar-refractivity contribution in [2.75, 3.05) is 11.0 Å². The molecule has 0 aliphatic carbocycles. The molecule has 0 atom stereocenters. The van der Waals surface area contributed by atoms with E-state index in [0.29, 0.717) is 21.9 Å². The number of nitrogens with one attached hydrogen (secondary N) is 3. The number of hydrogen-bond donors (Lipinski definition) is 3. The lowest BCUT2D eigenvalue weighted by Crippen LogP contribution is -1.96. The highest BCUT2D eigenvalue weighted by molar-refractivity contribution is 7.99. The number of aromatic amines is 1. The fourth-order valence-electron chi connectivity index (χ4n) is 2.07. The maximum absolute atomic E-state index is 11.0. The third kappa shape index (κ3) is 1.91. The molecule has 0 saturated heterocycles. The first-order valence-electron chi connectivity index (χ1n) is 6.05. The van der Waals surface area contributed by atoms with Gasteiger partial charge in [-0.3, -0.25) is 10.1 Å². The molecule has 22 heavy (non-hydrogen) atoms. The second-order valence-corrected chi connectivity index (χ2v) is 5.31. The summed E-state index contributed by atoms with van der Waals surface area (Å²) in [5, 5.41) is 11.7. The highest BCUT2D eigenvalue weighted by Gasteiger charge is 2.26. The molecule has 0 amide bonds. The van der Waals surface area contributed by atoms with Gasteiger partial charge in [-0.2, -0.15) is 4.94 Å². The predicted molar refractivity (Wildman–Crippen MR) is 77.2 cm³/mol. The van der Waals surface area contributed by atoms with Crippen molar-refractivity contribution < 1.29 is 9.86 Å². The van der Waals surface area contributed by atoms with E-state index in [1.54, 1.807) is 6.07 Å². The van der Waals surface area contributed by atoms with Crippen LogP contribution in [-0.2, 0) is 4.94 Å². The van der Waals surface area contributed by atoms with Crippen LogP contribution >= 0.6 is 11.8 Å². The lowest BCUT2D eigenvalue weighted by atomic mass is 10.2. The topological polar surface area (TPSA) is 131 Å². The average Bonchev–Trinajstić information content (AvgIpc) is 3.16. The van der Waals surface area contributed by atoms with Crippen LogP contribution in [0.25, 0.3) is 11.2 Å². The molecule has 3 aromatic rings. The Labute approximate surface area is 126 Å². The van der Waals surface area contributed by atoms with E-state index in [1.165, 1.54) is 30.5 Å². The van der Waals surface area contributed by atoms with Crippen LogP contribution in [0.4, 0.5) is 17.1 Å². The Hall–Kier alpha value is -2.92. The van der Waals surface area contributed by atoms with Crippen LogP contribution in [-0.4, -0.2) is 24.9 Å². The third-order valence-electron chi connectivity index (χ3n) is 3.04. The molecule has 0 saturated carbocycles. The fraction of sp³-hybridized carbons (Fsp3) is 0. The summed E-state index contributed by atoms with van der Waals surface area (Å²) < 4.78 is 0. The number of fused-ring (bicyclic) bond motifs is 2. The van der Waals surface area contributed by atoms with Crippen LogP contribution in [0.3, 0.4) is 0 Å². The van der Waals surface area contributed by atoms with E-state index in [9.17, 15) is 10.1 Å². The molecule has 110 valence electrons. The first-order chi connectivity index (χ1) is 10.7. The summed E-state index contributed by atoms with van der Waals surface area (Å²) >= 11 is 1.32. The predicted octanol–water partition coefficient (Wildman–Crippen LogP) is 2.10. The Bertz CT molecular complexity index is 897. The van der Waals surface area contributed by atoms with Crippen LogP contribution in [0.1, 0.15) is 0 Å². The first kappa shape index (κ1) is 12.8. The number of rotatable bonds is 3. The Morgan fingerprint density at radius 3 is 2.91 bits per heavy atom. The fourth-order valence-corrected chi connectivity index (χ4v) is 3.01. The zero-order valence-electron chi connectivity index (χ0n) is 10.7. The molecule has 1 aliphatic rings. The number of aromatic nitrogens is 4. The van der Waals surface area contributed by atoms with Crippen molar-refractivity contribution >= 4 is 40.0 Å². The highest BCUT2D eigenvalue weighted by Crippen LogP contribution is 2.45. The number of nitro groups is 1. The van der Waals surface area contributed by atoms with Crippen LogP contribution in [0.5, 0.6) is 0 Å². The van der Waals surface area contributed by atoms with Crippen molar-refractivity contribution in [3.8, 4) is 0 Å². The quantitative estimate of drug-likeness (QED) is 0.377. The maximum atomic E-state index is 11.0. The lowest BCUT2D eigenvalue weighted by molar-refractivity contribution is -0.384. The Morgan fingerprint density at radius 2 is 2.05 bits per heavy atom. The zero-order valence-corrected chi connectivity index (χ0v) is 11.5. The van der Waals surface area contributed by atoms with Gasteiger partial charge in [-0.15, -0.1) is 0 Å². The van der Waals surface area contributed by atoms with E-state index in [0.717, 1.165) is 4.90 Å². The minimum Gasteiger partial charge on any atom is -0.341 e. The third-order valence-corrected chi connectivity index (χ3v) is 4.11. The Kier molecular flexibility index (Phi) is 2.80. The molecule has 1 aromatic carbocycles. The van der Waals surface area contributed by atoms with Gasteiger partial charge in [0.2, 0.25) is 0 Å². The van der Waals surface area contributed by atoms with Crippen molar-refractivity contribution in [1.29, 1.82) is 0 Å². The second kappa shape index (κ2) is 4.82. The van der Waals surface area contributed by atoms with E-state index in [1.807, 2.05) is 0 Å². The number of benzene rings is 1. The van der Waals surface area contributed by atoms with Gasteiger partial charge >= 0.3 is 0 Å². The van der Waals surface area contributed by atoms with Gasteiger partial charge < -0.3 is 4.98 Å². The molecule has 0 fully saturated rings. The first-order valence-corrected chi connectivity index (χ1v) is 6.87.